The number of aryl methyl sites for hydroxylation is 1. The van der Waals surface area contributed by atoms with Gasteiger partial charge in [0.15, 0.2) is 0 Å². The van der Waals surface area contributed by atoms with E-state index in [9.17, 15) is 9.90 Å². The molecular formula is C26H33N3O3S2. The molecule has 8 heteroatoms. The van der Waals surface area contributed by atoms with Crippen LogP contribution in [0, 0.1) is 11.8 Å². The van der Waals surface area contributed by atoms with E-state index in [0.29, 0.717) is 11.8 Å². The zero-order valence-electron chi connectivity index (χ0n) is 19.7. The number of pyridine rings is 1. The molecule has 0 unspecified atom stereocenters. The van der Waals surface area contributed by atoms with Gasteiger partial charge in [-0.2, -0.15) is 0 Å². The molecule has 0 spiro atoms. The molecule has 3 aromatic rings. The number of fused-ring (bicyclic) bond motifs is 1. The Kier molecular flexibility index (Phi) is 9.18. The quantitative estimate of drug-likeness (QED) is 0.324. The topological polar surface area (TPSA) is 75.5 Å². The number of piperidine rings is 1. The fraction of sp³-hybridized carbons (Fsp3) is 0.500. The van der Waals surface area contributed by atoms with Crippen molar-refractivity contribution in [1.82, 2.24) is 14.9 Å². The van der Waals surface area contributed by atoms with Gasteiger partial charge in [-0.25, -0.2) is 4.98 Å². The van der Waals surface area contributed by atoms with E-state index in [-0.39, 0.29) is 6.42 Å². The second kappa shape index (κ2) is 12.5. The Bertz CT molecular complexity index is 1060. The smallest absolute Gasteiger partial charge is 0.303 e. The van der Waals surface area contributed by atoms with Gasteiger partial charge >= 0.3 is 5.97 Å². The van der Waals surface area contributed by atoms with Gasteiger partial charge in [-0.3, -0.25) is 9.78 Å². The van der Waals surface area contributed by atoms with Gasteiger partial charge in [-0.15, -0.1) is 11.3 Å². The highest BCUT2D eigenvalue weighted by molar-refractivity contribution is 8.01. The molecule has 1 aromatic carbocycles. The predicted molar refractivity (Wildman–Crippen MR) is 139 cm³/mol. The van der Waals surface area contributed by atoms with Crippen LogP contribution in [-0.4, -0.2) is 58.4 Å². The minimum atomic E-state index is -0.688. The highest BCUT2D eigenvalue weighted by atomic mass is 32.2. The van der Waals surface area contributed by atoms with Gasteiger partial charge in [-0.1, -0.05) is 11.8 Å². The second-order valence-corrected chi connectivity index (χ2v) is 11.2. The van der Waals surface area contributed by atoms with Crippen LogP contribution in [0.1, 0.15) is 37.7 Å². The van der Waals surface area contributed by atoms with E-state index < -0.39 is 5.97 Å². The number of carbonyl (C=O) groups is 1. The van der Waals surface area contributed by atoms with Crippen molar-refractivity contribution >= 4 is 40.0 Å². The van der Waals surface area contributed by atoms with Crippen LogP contribution < -0.4 is 4.74 Å². The lowest BCUT2D eigenvalue weighted by atomic mass is 9.79. The second-order valence-electron chi connectivity index (χ2n) is 8.93. The fourth-order valence-corrected chi connectivity index (χ4v) is 6.71. The highest BCUT2D eigenvalue weighted by Crippen LogP contribution is 2.33. The van der Waals surface area contributed by atoms with Crippen molar-refractivity contribution in [2.24, 2.45) is 11.8 Å². The van der Waals surface area contributed by atoms with E-state index in [4.69, 9.17) is 4.74 Å². The number of hydrogen-bond acceptors (Lipinski definition) is 7. The lowest BCUT2D eigenvalue weighted by molar-refractivity contribution is -0.137. The van der Waals surface area contributed by atoms with E-state index >= 15 is 0 Å². The van der Waals surface area contributed by atoms with Crippen molar-refractivity contribution in [2.75, 3.05) is 32.5 Å². The maximum absolute atomic E-state index is 11.3. The summed E-state index contributed by atoms with van der Waals surface area (Å²) in [5.41, 5.74) is 2.31. The zero-order valence-corrected chi connectivity index (χ0v) is 21.3. The van der Waals surface area contributed by atoms with Crippen LogP contribution in [-0.2, 0) is 11.2 Å². The minimum absolute atomic E-state index is 0.262. The van der Waals surface area contributed by atoms with E-state index in [1.54, 1.807) is 18.4 Å². The van der Waals surface area contributed by atoms with Gasteiger partial charge < -0.3 is 14.7 Å². The molecule has 1 saturated heterocycles. The SMILES string of the molecule is COc1ccc2nccc(CCC[C@@H]3CCN(CCSc4nccs4)C[C@@H]3CCC(=O)O)c2c1. The third-order valence-corrected chi connectivity index (χ3v) is 8.75. The first-order valence-corrected chi connectivity index (χ1v) is 13.9. The first-order valence-electron chi connectivity index (χ1n) is 12.0. The zero-order chi connectivity index (χ0) is 23.8. The molecular weight excluding hydrogens is 466 g/mol. The molecule has 182 valence electrons. The molecule has 0 bridgehead atoms. The van der Waals surface area contributed by atoms with E-state index in [1.807, 2.05) is 41.7 Å². The molecule has 1 aliphatic rings. The number of ether oxygens (including phenoxy) is 1. The van der Waals surface area contributed by atoms with Crippen molar-refractivity contribution in [1.29, 1.82) is 0 Å². The Labute approximate surface area is 209 Å². The highest BCUT2D eigenvalue weighted by Gasteiger charge is 2.29. The van der Waals surface area contributed by atoms with Gasteiger partial charge in [0.05, 0.1) is 12.6 Å². The molecule has 4 rings (SSSR count). The number of thioether (sulfide) groups is 1. The number of nitrogens with zero attached hydrogens (tertiary/aromatic N) is 3. The Morgan fingerprint density at radius 3 is 2.94 bits per heavy atom. The van der Waals surface area contributed by atoms with Crippen LogP contribution in [0.25, 0.3) is 10.9 Å². The molecule has 0 aliphatic carbocycles. The van der Waals surface area contributed by atoms with E-state index in [0.717, 1.165) is 78.5 Å². The number of likely N-dealkylation sites (tertiary alicyclic amines) is 1. The predicted octanol–water partition coefficient (Wildman–Crippen LogP) is 5.62. The summed E-state index contributed by atoms with van der Waals surface area (Å²) in [6, 6.07) is 8.17. The molecule has 1 fully saturated rings. The summed E-state index contributed by atoms with van der Waals surface area (Å²) < 4.78 is 6.54. The standard InChI is InChI=1S/C26H33N3O3S2/c1-32-22-6-7-24-23(17-22)20(9-11-27-24)4-2-3-19-10-13-29(18-21(19)5-8-25(30)31)14-16-34-26-28-12-15-33-26/h6-7,9,11-12,15,17,19,21H,2-5,8,10,13-14,16,18H2,1H3,(H,30,31)/t19-,21+/m1/s1. The maximum Gasteiger partial charge on any atom is 0.303 e. The number of methoxy groups -OCH3 is 1. The number of thiazole rings is 1. The van der Waals surface area contributed by atoms with Gasteiger partial charge in [-0.05, 0) is 80.3 Å². The summed E-state index contributed by atoms with van der Waals surface area (Å²) in [6.07, 6.45) is 9.17. The van der Waals surface area contributed by atoms with Crippen molar-refractivity contribution in [2.45, 2.75) is 42.9 Å². The van der Waals surface area contributed by atoms with Gasteiger partial charge in [0.1, 0.15) is 10.1 Å². The Morgan fingerprint density at radius 2 is 2.15 bits per heavy atom. The molecule has 1 aliphatic heterocycles. The molecule has 34 heavy (non-hydrogen) atoms. The van der Waals surface area contributed by atoms with Crippen LogP contribution in [0.2, 0.25) is 0 Å². The summed E-state index contributed by atoms with van der Waals surface area (Å²) in [7, 11) is 1.69. The molecule has 2 aromatic heterocycles. The largest absolute Gasteiger partial charge is 0.497 e. The summed E-state index contributed by atoms with van der Waals surface area (Å²) in [4.78, 5) is 22.6. The summed E-state index contributed by atoms with van der Waals surface area (Å²) in [5.74, 6) is 2.24. The lowest BCUT2D eigenvalue weighted by Gasteiger charge is -2.38. The third-order valence-electron chi connectivity index (χ3n) is 6.81. The number of aromatic nitrogens is 2. The number of hydrogen-bond donors (Lipinski definition) is 1. The maximum atomic E-state index is 11.3. The van der Waals surface area contributed by atoms with Crippen LogP contribution in [0.4, 0.5) is 0 Å². The molecule has 3 heterocycles. The van der Waals surface area contributed by atoms with Crippen molar-refractivity contribution in [3.8, 4) is 5.75 Å². The number of aliphatic carboxylic acids is 1. The van der Waals surface area contributed by atoms with Gasteiger partial charge in [0, 0.05) is 48.4 Å². The van der Waals surface area contributed by atoms with Gasteiger partial charge in [0.25, 0.3) is 0 Å². The van der Waals surface area contributed by atoms with Crippen LogP contribution in [0.15, 0.2) is 46.4 Å². The summed E-state index contributed by atoms with van der Waals surface area (Å²) >= 11 is 3.50. The minimum Gasteiger partial charge on any atom is -0.497 e. The van der Waals surface area contributed by atoms with Crippen LogP contribution in [0.3, 0.4) is 0 Å². The Morgan fingerprint density at radius 1 is 1.24 bits per heavy atom. The average molecular weight is 500 g/mol. The number of carboxylic acid groups (broad SMARTS) is 1. The lowest BCUT2D eigenvalue weighted by Crippen LogP contribution is -2.41. The van der Waals surface area contributed by atoms with Gasteiger partial charge in [0.2, 0.25) is 0 Å². The van der Waals surface area contributed by atoms with Crippen LogP contribution >= 0.6 is 23.1 Å². The Hall–Kier alpha value is -2.16. The molecule has 0 saturated carbocycles. The third kappa shape index (κ3) is 6.93. The normalized spacial score (nSPS) is 18.9. The first-order chi connectivity index (χ1) is 16.6. The fourth-order valence-electron chi connectivity index (χ4n) is 5.00. The van der Waals surface area contributed by atoms with Crippen molar-refractivity contribution in [3.05, 3.63) is 47.6 Å². The summed E-state index contributed by atoms with van der Waals surface area (Å²) in [6.45, 7) is 3.14. The molecule has 2 atom stereocenters. The first kappa shape index (κ1) is 24.9. The molecule has 0 radical (unpaired) electrons. The van der Waals surface area contributed by atoms with E-state index in [1.165, 1.54) is 5.56 Å². The number of rotatable bonds is 12. The average Bonchev–Trinajstić information content (AvgIpc) is 3.37. The van der Waals surface area contributed by atoms with Crippen molar-refractivity contribution in [3.63, 3.8) is 0 Å². The molecule has 0 amide bonds. The Balaban J connectivity index is 1.32. The molecule has 6 nitrogen and oxygen atoms in total. The number of carboxylic acids is 1. The number of benzene rings is 1. The van der Waals surface area contributed by atoms with E-state index in [2.05, 4.69) is 27.0 Å². The monoisotopic (exact) mass is 499 g/mol. The van der Waals surface area contributed by atoms with Crippen molar-refractivity contribution < 1.29 is 14.6 Å². The van der Waals surface area contributed by atoms with Crippen LogP contribution in [0.5, 0.6) is 5.75 Å². The summed E-state index contributed by atoms with van der Waals surface area (Å²) in [5, 5.41) is 12.5. The molecule has 1 N–H and O–H groups in total.